The highest BCUT2D eigenvalue weighted by Gasteiger charge is 2.41. The van der Waals surface area contributed by atoms with E-state index >= 15 is 0 Å². The fourth-order valence-corrected chi connectivity index (χ4v) is 10.3. The molecule has 0 saturated carbocycles. The molecule has 56 heavy (non-hydrogen) atoms. The zero-order valence-electron chi connectivity index (χ0n) is 32.1. The van der Waals surface area contributed by atoms with Crippen LogP contribution < -0.4 is 15.1 Å². The quantitative estimate of drug-likeness (QED) is 0.0975. The van der Waals surface area contributed by atoms with E-state index in [0.29, 0.717) is 36.7 Å². The lowest BCUT2D eigenvalue weighted by atomic mass is 9.87. The standard InChI is InChI=1S/C47H52ClN5O3/c48-23-20-43(33-4-2-1-3-5-33)46(35-9-16-42(54)17-10-35)34-6-11-38(12-7-34)50-24-21-32(22-25-50)27-51-30-41-15-14-40(51)31-53(41)39-13-8-36-28-52(29-37(36)26-39)44-18-19-45(55)49-47(44)56/h1-13,16-17,26,32,40-41,44,54H,14-15,18-25,27-31H2,(H,49,55,56). The van der Waals surface area contributed by atoms with E-state index in [2.05, 4.69) is 91.6 Å². The van der Waals surface area contributed by atoms with E-state index in [9.17, 15) is 14.7 Å². The number of nitrogens with zero attached hydrogens (tertiary/aromatic N) is 4. The fourth-order valence-electron chi connectivity index (χ4n) is 10.1. The third-order valence-electron chi connectivity index (χ3n) is 13.1. The molecule has 0 aliphatic carbocycles. The van der Waals surface area contributed by atoms with Crippen molar-refractivity contribution in [1.29, 1.82) is 0 Å². The van der Waals surface area contributed by atoms with Crippen molar-refractivity contribution < 1.29 is 14.7 Å². The summed E-state index contributed by atoms with van der Waals surface area (Å²) in [7, 11) is 0. The van der Waals surface area contributed by atoms with Gasteiger partial charge < -0.3 is 14.9 Å². The molecule has 4 aromatic carbocycles. The summed E-state index contributed by atoms with van der Waals surface area (Å²) in [5, 5.41) is 12.6. The zero-order valence-corrected chi connectivity index (χ0v) is 32.8. The van der Waals surface area contributed by atoms with Crippen LogP contribution in [0.4, 0.5) is 11.4 Å². The van der Waals surface area contributed by atoms with Crippen LogP contribution in [-0.4, -0.2) is 83.5 Å². The number of hydrogen-bond donors (Lipinski definition) is 2. The predicted octanol–water partition coefficient (Wildman–Crippen LogP) is 7.67. The molecule has 2 N–H and O–H groups in total. The first-order valence-electron chi connectivity index (χ1n) is 20.6. The Morgan fingerprint density at radius 3 is 2.12 bits per heavy atom. The molecule has 8 nitrogen and oxygen atoms in total. The Bertz CT molecular complexity index is 2080. The number of piperazine rings is 1. The van der Waals surface area contributed by atoms with Gasteiger partial charge in [-0.1, -0.05) is 60.7 Å². The molecule has 290 valence electrons. The highest BCUT2D eigenvalue weighted by Crippen LogP contribution is 2.39. The van der Waals surface area contributed by atoms with Gasteiger partial charge >= 0.3 is 0 Å². The molecule has 2 amide bonds. The van der Waals surface area contributed by atoms with Crippen molar-refractivity contribution in [2.24, 2.45) is 5.92 Å². The number of aromatic hydroxyl groups is 1. The SMILES string of the molecule is O=C1CCC(N2Cc3ccc(N4CC5CCC4CN5CC4CCN(c5ccc(C(=C(CCCl)c6ccccc6)c6ccc(O)cc6)cc5)CC4)cc3C2)C(=O)N1. The molecule has 5 saturated heterocycles. The molecule has 4 aromatic rings. The minimum absolute atomic E-state index is 0.145. The maximum atomic E-state index is 12.6. The van der Waals surface area contributed by atoms with Gasteiger partial charge in [-0.25, -0.2) is 0 Å². The molecule has 6 aliphatic rings. The summed E-state index contributed by atoms with van der Waals surface area (Å²) in [5.41, 5.74) is 11.0. The topological polar surface area (TPSA) is 79.4 Å². The molecule has 0 spiro atoms. The first kappa shape index (κ1) is 37.0. The van der Waals surface area contributed by atoms with E-state index < -0.39 is 0 Å². The highest BCUT2D eigenvalue weighted by molar-refractivity contribution is 6.18. The lowest BCUT2D eigenvalue weighted by Gasteiger charge is -2.53. The molecular weight excluding hydrogens is 718 g/mol. The molecule has 0 aromatic heterocycles. The third-order valence-corrected chi connectivity index (χ3v) is 13.3. The van der Waals surface area contributed by atoms with E-state index in [1.165, 1.54) is 65.9 Å². The average molecular weight is 770 g/mol. The minimum Gasteiger partial charge on any atom is -0.508 e. The van der Waals surface area contributed by atoms with Gasteiger partial charge in [-0.3, -0.25) is 24.7 Å². The van der Waals surface area contributed by atoms with E-state index in [1.807, 2.05) is 18.2 Å². The number of rotatable bonds is 10. The summed E-state index contributed by atoms with van der Waals surface area (Å²) in [4.78, 5) is 34.5. The van der Waals surface area contributed by atoms with Gasteiger partial charge in [0.2, 0.25) is 11.8 Å². The molecule has 6 aliphatic heterocycles. The van der Waals surface area contributed by atoms with Crippen LogP contribution in [0.15, 0.2) is 97.1 Å². The van der Waals surface area contributed by atoms with Crippen molar-refractivity contribution in [1.82, 2.24) is 15.1 Å². The van der Waals surface area contributed by atoms with Gasteiger partial charge in [0.25, 0.3) is 0 Å². The predicted molar refractivity (Wildman–Crippen MR) is 225 cm³/mol. The van der Waals surface area contributed by atoms with Crippen LogP contribution in [0.5, 0.6) is 5.75 Å². The summed E-state index contributed by atoms with van der Waals surface area (Å²) in [5.74, 6) is 1.20. The Labute approximate surface area is 335 Å². The van der Waals surface area contributed by atoms with Crippen molar-refractivity contribution in [3.05, 3.63) is 125 Å². The molecule has 6 heterocycles. The average Bonchev–Trinajstić information content (AvgIpc) is 3.66. The van der Waals surface area contributed by atoms with Crippen LogP contribution in [0.2, 0.25) is 0 Å². The van der Waals surface area contributed by atoms with E-state index in [1.54, 1.807) is 12.1 Å². The number of alkyl halides is 1. The Morgan fingerprint density at radius 1 is 0.732 bits per heavy atom. The van der Waals surface area contributed by atoms with Crippen LogP contribution in [0.3, 0.4) is 0 Å². The number of benzene rings is 4. The summed E-state index contributed by atoms with van der Waals surface area (Å²) in [6.45, 7) is 7.11. The number of allylic oxidation sites excluding steroid dienone is 1. The van der Waals surface area contributed by atoms with Gasteiger partial charge in [-0.05, 0) is 120 Å². The second kappa shape index (κ2) is 16.1. The number of phenolic OH excluding ortho intramolecular Hbond substituents is 1. The van der Waals surface area contributed by atoms with Crippen LogP contribution >= 0.6 is 11.6 Å². The largest absolute Gasteiger partial charge is 0.508 e. The van der Waals surface area contributed by atoms with Crippen molar-refractivity contribution in [3.63, 3.8) is 0 Å². The molecule has 3 unspecified atom stereocenters. The lowest BCUT2D eigenvalue weighted by molar-refractivity contribution is -0.137. The summed E-state index contributed by atoms with van der Waals surface area (Å²) < 4.78 is 0. The number of halogens is 1. The number of nitrogens with one attached hydrogen (secondary N) is 1. The normalized spacial score (nSPS) is 23.6. The molecule has 3 atom stereocenters. The van der Waals surface area contributed by atoms with Gasteiger partial charge in [0, 0.05) is 81.6 Å². The Kier molecular flexibility index (Phi) is 10.6. The van der Waals surface area contributed by atoms with Gasteiger partial charge in [0.15, 0.2) is 0 Å². The van der Waals surface area contributed by atoms with E-state index in [-0.39, 0.29) is 23.6 Å². The second-order valence-electron chi connectivity index (χ2n) is 16.5. The Hall–Kier alpha value is -4.63. The number of hydrogen-bond acceptors (Lipinski definition) is 7. The number of fused-ring (bicyclic) bond motifs is 4. The van der Waals surface area contributed by atoms with Crippen LogP contribution in [0.25, 0.3) is 11.1 Å². The number of anilines is 2. The van der Waals surface area contributed by atoms with Crippen molar-refractivity contribution in [2.75, 3.05) is 48.4 Å². The minimum atomic E-state index is -0.219. The number of amides is 2. The Morgan fingerprint density at radius 2 is 1.43 bits per heavy atom. The molecule has 10 rings (SSSR count). The molecule has 0 radical (unpaired) electrons. The smallest absolute Gasteiger partial charge is 0.243 e. The first-order chi connectivity index (χ1) is 27.4. The molecule has 2 bridgehead atoms. The number of phenols is 1. The van der Waals surface area contributed by atoms with Crippen LogP contribution in [0.1, 0.15) is 72.8 Å². The molecule has 9 heteroatoms. The lowest BCUT2D eigenvalue weighted by Crippen LogP contribution is -2.63. The van der Waals surface area contributed by atoms with Crippen molar-refractivity contribution in [3.8, 4) is 5.75 Å². The van der Waals surface area contributed by atoms with Crippen LogP contribution in [-0.2, 0) is 22.7 Å². The van der Waals surface area contributed by atoms with Gasteiger partial charge in [0.1, 0.15) is 5.75 Å². The van der Waals surface area contributed by atoms with Crippen molar-refractivity contribution >= 4 is 45.9 Å². The number of piperidine rings is 4. The van der Waals surface area contributed by atoms with Gasteiger partial charge in [0.05, 0.1) is 6.04 Å². The molecular formula is C47H52ClN5O3. The first-order valence-corrected chi connectivity index (χ1v) is 21.1. The van der Waals surface area contributed by atoms with Crippen molar-refractivity contribution in [2.45, 2.75) is 76.2 Å². The number of imide groups is 1. The highest BCUT2D eigenvalue weighted by atomic mass is 35.5. The number of carbonyl (C=O) groups is 2. The maximum absolute atomic E-state index is 12.6. The zero-order chi connectivity index (χ0) is 38.2. The van der Waals surface area contributed by atoms with Gasteiger partial charge in [-0.15, -0.1) is 11.6 Å². The monoisotopic (exact) mass is 769 g/mol. The van der Waals surface area contributed by atoms with Crippen LogP contribution in [0, 0.1) is 5.92 Å². The fraction of sp³-hybridized carbons (Fsp3) is 0.404. The second-order valence-corrected chi connectivity index (χ2v) is 16.9. The maximum Gasteiger partial charge on any atom is 0.243 e. The Balaban J connectivity index is 0.818. The van der Waals surface area contributed by atoms with Gasteiger partial charge in [-0.2, -0.15) is 0 Å². The van der Waals surface area contributed by atoms with E-state index in [0.717, 1.165) is 62.4 Å². The third kappa shape index (κ3) is 7.59. The van der Waals surface area contributed by atoms with E-state index in [4.69, 9.17) is 11.6 Å². The molecule has 5 fully saturated rings. The summed E-state index contributed by atoms with van der Waals surface area (Å²) >= 11 is 6.38. The summed E-state index contributed by atoms with van der Waals surface area (Å²) in [6.07, 6.45) is 6.71. The number of carbonyl (C=O) groups excluding carboxylic acids is 2. The summed E-state index contributed by atoms with van der Waals surface area (Å²) in [6, 6.07) is 35.0.